The molecule has 0 radical (unpaired) electrons. The zero-order chi connectivity index (χ0) is 15.4. The number of ether oxygens (including phenoxy) is 2. The Kier molecular flexibility index (Phi) is 4.18. The minimum Gasteiger partial charge on any atom is -0.493 e. The number of Topliss-reactive ketones (excluding diaryl/α,β-unsaturated/α-hetero) is 1. The number of non-ortho nitro benzene ring substituents is 1. The first-order valence-corrected chi connectivity index (χ1v) is 6.12. The summed E-state index contributed by atoms with van der Waals surface area (Å²) >= 11 is 0. The Bertz CT molecular complexity index is 696. The molecule has 0 saturated carbocycles. The largest absolute Gasteiger partial charge is 0.493 e. The molecule has 2 rings (SSSR count). The van der Waals surface area contributed by atoms with Crippen molar-refractivity contribution in [1.82, 2.24) is 0 Å². The average Bonchev–Trinajstić information content (AvgIpc) is 2.47. The molecule has 0 bridgehead atoms. The van der Waals surface area contributed by atoms with Crippen LogP contribution in [0.1, 0.15) is 17.3 Å². The number of ketones is 1. The van der Waals surface area contributed by atoms with E-state index in [1.165, 1.54) is 32.2 Å². The van der Waals surface area contributed by atoms with E-state index in [9.17, 15) is 14.9 Å². The molecule has 0 heterocycles. The van der Waals surface area contributed by atoms with Crippen molar-refractivity contribution >= 4 is 11.5 Å². The lowest BCUT2D eigenvalue weighted by Gasteiger charge is -2.10. The van der Waals surface area contributed by atoms with Crippen molar-refractivity contribution in [2.24, 2.45) is 0 Å². The van der Waals surface area contributed by atoms with Crippen LogP contribution < -0.4 is 9.47 Å². The fraction of sp³-hybridized carbons (Fsp3) is 0.133. The van der Waals surface area contributed by atoms with Crippen molar-refractivity contribution in [2.75, 3.05) is 7.11 Å². The van der Waals surface area contributed by atoms with E-state index >= 15 is 0 Å². The Labute approximate surface area is 121 Å². The van der Waals surface area contributed by atoms with Crippen molar-refractivity contribution in [3.63, 3.8) is 0 Å². The van der Waals surface area contributed by atoms with E-state index in [0.29, 0.717) is 17.1 Å². The zero-order valence-electron chi connectivity index (χ0n) is 11.5. The molecular weight excluding hydrogens is 274 g/mol. The van der Waals surface area contributed by atoms with Gasteiger partial charge in [-0.15, -0.1) is 0 Å². The van der Waals surface area contributed by atoms with Gasteiger partial charge in [0, 0.05) is 11.6 Å². The number of nitro benzene ring substituents is 1. The molecule has 0 spiro atoms. The summed E-state index contributed by atoms with van der Waals surface area (Å²) in [6, 6.07) is 10.7. The summed E-state index contributed by atoms with van der Waals surface area (Å²) < 4.78 is 10.7. The third kappa shape index (κ3) is 3.36. The summed E-state index contributed by atoms with van der Waals surface area (Å²) in [6.45, 7) is 1.46. The van der Waals surface area contributed by atoms with E-state index in [0.717, 1.165) is 0 Å². The van der Waals surface area contributed by atoms with E-state index in [-0.39, 0.29) is 17.2 Å². The molecule has 0 amide bonds. The van der Waals surface area contributed by atoms with Crippen LogP contribution >= 0.6 is 0 Å². The molecular formula is C15H13NO5. The van der Waals surface area contributed by atoms with Crippen molar-refractivity contribution < 1.29 is 19.2 Å². The summed E-state index contributed by atoms with van der Waals surface area (Å²) in [6.07, 6.45) is 0. The molecule has 0 atom stereocenters. The highest BCUT2D eigenvalue weighted by Crippen LogP contribution is 2.34. The third-order valence-electron chi connectivity index (χ3n) is 2.83. The molecule has 0 aliphatic rings. The lowest BCUT2D eigenvalue weighted by atomic mass is 10.1. The van der Waals surface area contributed by atoms with E-state index in [1.54, 1.807) is 24.3 Å². The van der Waals surface area contributed by atoms with Crippen molar-refractivity contribution in [3.8, 4) is 17.2 Å². The molecule has 0 fully saturated rings. The van der Waals surface area contributed by atoms with Crippen molar-refractivity contribution in [1.29, 1.82) is 0 Å². The maximum absolute atomic E-state index is 11.3. The Morgan fingerprint density at radius 3 is 2.52 bits per heavy atom. The Morgan fingerprint density at radius 1 is 1.14 bits per heavy atom. The summed E-state index contributed by atoms with van der Waals surface area (Å²) in [5.41, 5.74) is 0.435. The van der Waals surface area contributed by atoms with Crippen LogP contribution in [-0.2, 0) is 0 Å². The maximum Gasteiger partial charge on any atom is 0.273 e. The minimum atomic E-state index is -0.511. The van der Waals surface area contributed by atoms with E-state index in [2.05, 4.69) is 0 Å². The lowest BCUT2D eigenvalue weighted by Crippen LogP contribution is -1.95. The molecule has 0 aromatic heterocycles. The number of hydrogen-bond donors (Lipinski definition) is 0. The molecule has 0 aliphatic carbocycles. The number of benzene rings is 2. The third-order valence-corrected chi connectivity index (χ3v) is 2.83. The first-order chi connectivity index (χ1) is 10.0. The highest BCUT2D eigenvalue weighted by Gasteiger charge is 2.13. The van der Waals surface area contributed by atoms with Gasteiger partial charge in [-0.3, -0.25) is 14.9 Å². The van der Waals surface area contributed by atoms with Gasteiger partial charge in [0.1, 0.15) is 5.75 Å². The van der Waals surface area contributed by atoms with Crippen LogP contribution in [0, 0.1) is 10.1 Å². The smallest absolute Gasteiger partial charge is 0.273 e. The second-order valence-electron chi connectivity index (χ2n) is 4.28. The summed E-state index contributed by atoms with van der Waals surface area (Å²) in [5.74, 6) is 0.965. The summed E-state index contributed by atoms with van der Waals surface area (Å²) in [4.78, 5) is 21.6. The number of rotatable bonds is 5. The molecule has 21 heavy (non-hydrogen) atoms. The number of nitrogens with zero attached hydrogens (tertiary/aromatic N) is 1. The maximum atomic E-state index is 11.3. The van der Waals surface area contributed by atoms with Crippen LogP contribution in [0.5, 0.6) is 17.2 Å². The van der Waals surface area contributed by atoms with Crippen molar-refractivity contribution in [2.45, 2.75) is 6.92 Å². The van der Waals surface area contributed by atoms with Gasteiger partial charge in [-0.05, 0) is 25.1 Å². The first-order valence-electron chi connectivity index (χ1n) is 6.12. The van der Waals surface area contributed by atoms with Crippen LogP contribution in [0.15, 0.2) is 42.5 Å². The van der Waals surface area contributed by atoms with Gasteiger partial charge in [-0.25, -0.2) is 0 Å². The number of methoxy groups -OCH3 is 1. The minimum absolute atomic E-state index is 0.0730. The van der Waals surface area contributed by atoms with Crippen LogP contribution in [-0.4, -0.2) is 17.8 Å². The lowest BCUT2D eigenvalue weighted by molar-refractivity contribution is -0.384. The molecule has 2 aromatic rings. The average molecular weight is 287 g/mol. The van der Waals surface area contributed by atoms with Crippen LogP contribution in [0.3, 0.4) is 0 Å². The van der Waals surface area contributed by atoms with E-state index in [1.807, 2.05) is 0 Å². The van der Waals surface area contributed by atoms with Gasteiger partial charge in [-0.1, -0.05) is 12.1 Å². The van der Waals surface area contributed by atoms with Crippen LogP contribution in [0.2, 0.25) is 0 Å². The molecule has 0 N–H and O–H groups in total. The second-order valence-corrected chi connectivity index (χ2v) is 4.28. The molecule has 2 aromatic carbocycles. The van der Waals surface area contributed by atoms with Gasteiger partial charge in [-0.2, -0.15) is 0 Å². The number of hydrogen-bond acceptors (Lipinski definition) is 5. The van der Waals surface area contributed by atoms with Gasteiger partial charge in [0.25, 0.3) is 5.69 Å². The fourth-order valence-electron chi connectivity index (χ4n) is 1.76. The Hall–Kier alpha value is -2.89. The predicted molar refractivity (Wildman–Crippen MR) is 76.2 cm³/mol. The normalized spacial score (nSPS) is 10.0. The summed E-state index contributed by atoms with van der Waals surface area (Å²) in [5, 5.41) is 10.7. The van der Waals surface area contributed by atoms with Gasteiger partial charge < -0.3 is 9.47 Å². The van der Waals surface area contributed by atoms with Gasteiger partial charge in [0.05, 0.1) is 18.1 Å². The summed E-state index contributed by atoms with van der Waals surface area (Å²) in [7, 11) is 1.40. The monoisotopic (exact) mass is 287 g/mol. The highest BCUT2D eigenvalue weighted by atomic mass is 16.6. The number of carbonyl (C=O) groups excluding carboxylic acids is 1. The molecule has 0 unspecified atom stereocenters. The van der Waals surface area contributed by atoms with E-state index < -0.39 is 4.92 Å². The highest BCUT2D eigenvalue weighted by molar-refractivity contribution is 5.94. The number of carbonyl (C=O) groups is 1. The fourth-order valence-corrected chi connectivity index (χ4v) is 1.76. The SMILES string of the molecule is COc1cc([N+](=O)[O-])ccc1Oc1cccc(C(C)=O)c1. The zero-order valence-corrected chi connectivity index (χ0v) is 11.5. The molecule has 6 heteroatoms. The van der Waals surface area contributed by atoms with Gasteiger partial charge >= 0.3 is 0 Å². The van der Waals surface area contributed by atoms with Crippen molar-refractivity contribution in [3.05, 3.63) is 58.1 Å². The molecule has 6 nitrogen and oxygen atoms in total. The topological polar surface area (TPSA) is 78.7 Å². The van der Waals surface area contributed by atoms with Gasteiger partial charge in [0.15, 0.2) is 17.3 Å². The molecule has 108 valence electrons. The Balaban J connectivity index is 2.33. The quantitative estimate of drug-likeness (QED) is 0.477. The van der Waals surface area contributed by atoms with Crippen LogP contribution in [0.25, 0.3) is 0 Å². The molecule has 0 saturated heterocycles. The van der Waals surface area contributed by atoms with E-state index in [4.69, 9.17) is 9.47 Å². The van der Waals surface area contributed by atoms with Crippen LogP contribution in [0.4, 0.5) is 5.69 Å². The standard InChI is InChI=1S/C15H13NO5/c1-10(17)11-4-3-5-13(8-11)21-14-7-6-12(16(18)19)9-15(14)20-2/h3-9H,1-2H3. The second kappa shape index (κ2) is 6.04. The predicted octanol–water partition coefficient (Wildman–Crippen LogP) is 3.60. The van der Waals surface area contributed by atoms with Gasteiger partial charge in [0.2, 0.25) is 0 Å². The first kappa shape index (κ1) is 14.5. The number of nitro groups is 1. The molecule has 0 aliphatic heterocycles. The Morgan fingerprint density at radius 2 is 1.90 bits per heavy atom.